The van der Waals surface area contributed by atoms with Gasteiger partial charge in [-0.2, -0.15) is 0 Å². The molecule has 0 unspecified atom stereocenters. The largest absolute Gasteiger partial charge is 0.481 e. The smallest absolute Gasteiger partial charge is 0.213 e. The molecule has 3 heterocycles. The van der Waals surface area contributed by atoms with Crippen molar-refractivity contribution in [1.82, 2.24) is 9.97 Å². The van der Waals surface area contributed by atoms with E-state index in [9.17, 15) is 0 Å². The molecule has 3 rings (SSSR count). The van der Waals surface area contributed by atoms with Crippen LogP contribution in [0.15, 0.2) is 24.4 Å². The van der Waals surface area contributed by atoms with Crippen LogP contribution in [0.5, 0.6) is 5.88 Å². The summed E-state index contributed by atoms with van der Waals surface area (Å²) in [4.78, 5) is 8.71. The molecule has 2 aromatic rings. The Morgan fingerprint density at radius 3 is 3.10 bits per heavy atom. The Balaban J connectivity index is 1.96. The van der Waals surface area contributed by atoms with Gasteiger partial charge in [0.25, 0.3) is 0 Å². The molecule has 0 N–H and O–H groups in total. The summed E-state index contributed by atoms with van der Waals surface area (Å²) < 4.78 is 10.7. The van der Waals surface area contributed by atoms with E-state index in [4.69, 9.17) is 9.47 Å². The molecule has 101 valence electrons. The summed E-state index contributed by atoms with van der Waals surface area (Å²) in [5.74, 6) is 6.90. The molecule has 0 saturated carbocycles. The lowest BCUT2D eigenvalue weighted by atomic mass is 10.1. The first-order valence-electron chi connectivity index (χ1n) is 6.61. The monoisotopic (exact) mass is 267 g/mol. The SMILES string of the molecule is COc1ccc2nccc(C#C[C@@H]3CC[CH]CO3)c2n1. The van der Waals surface area contributed by atoms with Crippen molar-refractivity contribution in [3.63, 3.8) is 0 Å². The summed E-state index contributed by atoms with van der Waals surface area (Å²) in [6.07, 6.45) is 5.89. The van der Waals surface area contributed by atoms with Gasteiger partial charge in [-0.15, -0.1) is 0 Å². The van der Waals surface area contributed by atoms with Crippen LogP contribution in [-0.2, 0) is 4.74 Å². The van der Waals surface area contributed by atoms with E-state index in [1.54, 1.807) is 19.4 Å². The predicted molar refractivity (Wildman–Crippen MR) is 76.2 cm³/mol. The van der Waals surface area contributed by atoms with Gasteiger partial charge in [0.1, 0.15) is 11.6 Å². The molecule has 0 bridgehead atoms. The van der Waals surface area contributed by atoms with Crippen LogP contribution < -0.4 is 4.74 Å². The van der Waals surface area contributed by atoms with E-state index in [0.717, 1.165) is 29.4 Å². The van der Waals surface area contributed by atoms with Gasteiger partial charge in [-0.25, -0.2) is 4.98 Å². The zero-order valence-corrected chi connectivity index (χ0v) is 11.3. The van der Waals surface area contributed by atoms with Crippen molar-refractivity contribution in [3.8, 4) is 17.7 Å². The van der Waals surface area contributed by atoms with Crippen molar-refractivity contribution in [1.29, 1.82) is 0 Å². The summed E-state index contributed by atoms with van der Waals surface area (Å²) >= 11 is 0. The van der Waals surface area contributed by atoms with Gasteiger partial charge in [0.15, 0.2) is 0 Å². The summed E-state index contributed by atoms with van der Waals surface area (Å²) in [7, 11) is 1.60. The molecule has 1 atom stereocenters. The van der Waals surface area contributed by atoms with E-state index in [2.05, 4.69) is 28.2 Å². The highest BCUT2D eigenvalue weighted by Crippen LogP contribution is 2.18. The van der Waals surface area contributed by atoms with Crippen molar-refractivity contribution in [2.45, 2.75) is 18.9 Å². The van der Waals surface area contributed by atoms with Crippen molar-refractivity contribution in [3.05, 3.63) is 36.4 Å². The molecule has 1 aliphatic rings. The van der Waals surface area contributed by atoms with Gasteiger partial charge in [0.05, 0.1) is 24.8 Å². The fourth-order valence-electron chi connectivity index (χ4n) is 2.11. The number of fused-ring (bicyclic) bond motifs is 1. The topological polar surface area (TPSA) is 44.2 Å². The molecule has 0 aliphatic carbocycles. The highest BCUT2D eigenvalue weighted by atomic mass is 16.5. The van der Waals surface area contributed by atoms with Gasteiger partial charge in [-0.1, -0.05) is 11.8 Å². The van der Waals surface area contributed by atoms with E-state index in [0.29, 0.717) is 12.5 Å². The van der Waals surface area contributed by atoms with Crippen LogP contribution in [0.4, 0.5) is 0 Å². The maximum atomic E-state index is 5.57. The molecule has 20 heavy (non-hydrogen) atoms. The Morgan fingerprint density at radius 1 is 1.35 bits per heavy atom. The Kier molecular flexibility index (Phi) is 3.80. The van der Waals surface area contributed by atoms with Gasteiger partial charge in [-0.05, 0) is 31.4 Å². The zero-order chi connectivity index (χ0) is 13.8. The minimum absolute atomic E-state index is 0.00817. The number of aromatic nitrogens is 2. The average molecular weight is 267 g/mol. The van der Waals surface area contributed by atoms with Crippen molar-refractivity contribution >= 4 is 11.0 Å². The minimum Gasteiger partial charge on any atom is -0.481 e. The third-order valence-corrected chi connectivity index (χ3v) is 3.18. The molecule has 1 radical (unpaired) electrons. The molecule has 4 heteroatoms. The van der Waals surface area contributed by atoms with Gasteiger partial charge >= 0.3 is 0 Å². The summed E-state index contributed by atoms with van der Waals surface area (Å²) in [6.45, 7) is 0.683. The van der Waals surface area contributed by atoms with Crippen LogP contribution >= 0.6 is 0 Å². The molecule has 1 aliphatic heterocycles. The first kappa shape index (κ1) is 12.9. The van der Waals surface area contributed by atoms with Crippen molar-refractivity contribution < 1.29 is 9.47 Å². The highest BCUT2D eigenvalue weighted by Gasteiger charge is 2.10. The van der Waals surface area contributed by atoms with Crippen molar-refractivity contribution in [2.24, 2.45) is 0 Å². The molecule has 0 aromatic carbocycles. The number of nitrogens with zero attached hydrogens (tertiary/aromatic N) is 2. The van der Waals surface area contributed by atoms with E-state index in [1.807, 2.05) is 12.1 Å². The van der Waals surface area contributed by atoms with Crippen LogP contribution in [0, 0.1) is 18.3 Å². The Morgan fingerprint density at radius 2 is 2.30 bits per heavy atom. The average Bonchev–Trinajstić information content (AvgIpc) is 2.53. The van der Waals surface area contributed by atoms with E-state index in [1.165, 1.54) is 0 Å². The maximum absolute atomic E-state index is 5.57. The van der Waals surface area contributed by atoms with Crippen LogP contribution in [0.1, 0.15) is 18.4 Å². The molecule has 0 spiro atoms. The Hall–Kier alpha value is -2.12. The minimum atomic E-state index is 0.00817. The number of hydrogen-bond acceptors (Lipinski definition) is 4. The second-order valence-corrected chi connectivity index (χ2v) is 4.54. The third kappa shape index (κ3) is 2.73. The Bertz CT molecular complexity index is 667. The number of ether oxygens (including phenoxy) is 2. The van der Waals surface area contributed by atoms with Gasteiger partial charge in [-0.3, -0.25) is 4.98 Å². The fraction of sp³-hybridized carbons (Fsp3) is 0.312. The second-order valence-electron chi connectivity index (χ2n) is 4.54. The molecule has 1 fully saturated rings. The number of rotatable bonds is 1. The van der Waals surface area contributed by atoms with E-state index >= 15 is 0 Å². The molecular weight excluding hydrogens is 252 g/mol. The molecule has 0 amide bonds. The lowest BCUT2D eigenvalue weighted by molar-refractivity contribution is 0.0793. The van der Waals surface area contributed by atoms with Crippen LogP contribution in [0.25, 0.3) is 11.0 Å². The number of pyridine rings is 2. The number of methoxy groups -OCH3 is 1. The second kappa shape index (κ2) is 5.89. The van der Waals surface area contributed by atoms with E-state index in [-0.39, 0.29) is 6.10 Å². The summed E-state index contributed by atoms with van der Waals surface area (Å²) in [5.41, 5.74) is 2.43. The quantitative estimate of drug-likeness (QED) is 0.744. The Labute approximate surface area is 118 Å². The molecule has 2 aromatic heterocycles. The maximum Gasteiger partial charge on any atom is 0.213 e. The molecular formula is C16H15N2O2. The van der Waals surface area contributed by atoms with Crippen LogP contribution in [-0.4, -0.2) is 29.8 Å². The standard InChI is InChI=1S/C16H15N2O2/c1-19-15-8-7-14-16(18-15)12(9-10-17-14)5-6-13-4-2-3-11-20-13/h3,7-10,13H,2,4,11H2,1H3/t13-/m0/s1. The van der Waals surface area contributed by atoms with Crippen LogP contribution in [0.3, 0.4) is 0 Å². The van der Waals surface area contributed by atoms with Gasteiger partial charge in [0, 0.05) is 12.3 Å². The van der Waals surface area contributed by atoms with E-state index < -0.39 is 0 Å². The normalized spacial score (nSPS) is 18.4. The lowest BCUT2D eigenvalue weighted by Crippen LogP contribution is -2.17. The zero-order valence-electron chi connectivity index (χ0n) is 11.3. The molecule has 4 nitrogen and oxygen atoms in total. The van der Waals surface area contributed by atoms with Gasteiger partial charge in [0.2, 0.25) is 5.88 Å². The first-order chi connectivity index (χ1) is 9.86. The first-order valence-corrected chi connectivity index (χ1v) is 6.61. The lowest BCUT2D eigenvalue weighted by Gasteiger charge is -2.16. The van der Waals surface area contributed by atoms with Crippen molar-refractivity contribution in [2.75, 3.05) is 13.7 Å². The summed E-state index contributed by atoms with van der Waals surface area (Å²) in [5, 5.41) is 0. The van der Waals surface area contributed by atoms with Gasteiger partial charge < -0.3 is 9.47 Å². The highest BCUT2D eigenvalue weighted by molar-refractivity contribution is 5.81. The number of hydrogen-bond donors (Lipinski definition) is 0. The summed E-state index contributed by atoms with van der Waals surface area (Å²) in [6, 6.07) is 5.56. The third-order valence-electron chi connectivity index (χ3n) is 3.18. The predicted octanol–water partition coefficient (Wildman–Crippen LogP) is 2.37. The fourth-order valence-corrected chi connectivity index (χ4v) is 2.11. The molecule has 1 saturated heterocycles. The van der Waals surface area contributed by atoms with Crippen LogP contribution in [0.2, 0.25) is 0 Å².